The molecule has 1 unspecified atom stereocenters. The minimum absolute atomic E-state index is 0.503. The van der Waals surface area contributed by atoms with Gasteiger partial charge in [0, 0.05) is 0 Å². The van der Waals surface area contributed by atoms with Crippen molar-refractivity contribution in [3.8, 4) is 0 Å². The lowest BCUT2D eigenvalue weighted by Crippen LogP contribution is -2.35. The molecule has 0 aromatic rings. The summed E-state index contributed by atoms with van der Waals surface area (Å²) in [5.74, 6) is -0.0889. The Balaban J connectivity index is 1.95. The maximum absolute atomic E-state index is 10.5. The van der Waals surface area contributed by atoms with Crippen LogP contribution in [0.4, 0.5) is 0 Å². The molecule has 0 radical (unpaired) electrons. The Morgan fingerprint density at radius 2 is 2.12 bits per heavy atom. The lowest BCUT2D eigenvalue weighted by atomic mass is 9.94. The minimum Gasteiger partial charge on any atom is -0.480 e. The molecular weight excluding hydrogens is 218 g/mol. The summed E-state index contributed by atoms with van der Waals surface area (Å²) >= 11 is 0. The molecule has 17 heavy (non-hydrogen) atoms. The zero-order valence-electron chi connectivity index (χ0n) is 10.7. The van der Waals surface area contributed by atoms with Crippen LogP contribution in [0.1, 0.15) is 25.7 Å². The van der Waals surface area contributed by atoms with Crippen LogP contribution in [-0.4, -0.2) is 55.2 Å². The fraction of sp³-hybridized carbons (Fsp3) is 0.917. The molecule has 0 bridgehead atoms. The largest absolute Gasteiger partial charge is 0.480 e. The summed E-state index contributed by atoms with van der Waals surface area (Å²) in [6.45, 7) is 4.07. The number of rotatable bonds is 7. The van der Waals surface area contributed by atoms with Gasteiger partial charge in [0.2, 0.25) is 0 Å². The molecule has 100 valence electrons. The Kier molecular flexibility index (Phi) is 6.47. The van der Waals surface area contributed by atoms with Gasteiger partial charge < -0.3 is 21.1 Å². The molecule has 1 atom stereocenters. The zero-order chi connectivity index (χ0) is 12.7. The lowest BCUT2D eigenvalue weighted by Gasteiger charge is -2.28. The van der Waals surface area contributed by atoms with E-state index in [9.17, 15) is 4.79 Å². The van der Waals surface area contributed by atoms with E-state index in [-0.39, 0.29) is 0 Å². The van der Waals surface area contributed by atoms with Gasteiger partial charge in [-0.3, -0.25) is 4.79 Å². The van der Waals surface area contributed by atoms with Crippen LogP contribution in [0.25, 0.3) is 0 Å². The van der Waals surface area contributed by atoms with Gasteiger partial charge in [-0.05, 0) is 64.8 Å². The van der Waals surface area contributed by atoms with E-state index in [4.69, 9.17) is 10.8 Å². The molecule has 1 aliphatic rings. The van der Waals surface area contributed by atoms with E-state index in [1.807, 2.05) is 0 Å². The highest BCUT2D eigenvalue weighted by molar-refractivity contribution is 5.72. The average molecular weight is 243 g/mol. The SMILES string of the molecule is CN1CCC(CCNCCC(N)C(=O)O)CC1. The molecule has 1 aliphatic heterocycles. The molecule has 5 heteroatoms. The van der Waals surface area contributed by atoms with Crippen molar-refractivity contribution < 1.29 is 9.90 Å². The Labute approximate surface area is 103 Å². The molecular formula is C12H25N3O2. The van der Waals surface area contributed by atoms with E-state index in [2.05, 4.69) is 17.3 Å². The standard InChI is InChI=1S/C12H25N3O2/c1-15-8-4-10(5-9-15)2-6-14-7-3-11(13)12(16)17/h10-11,14H,2-9,13H2,1H3,(H,16,17). The number of carboxylic acids is 1. The lowest BCUT2D eigenvalue weighted by molar-refractivity contribution is -0.138. The summed E-state index contributed by atoms with van der Waals surface area (Å²) in [7, 11) is 2.17. The summed E-state index contributed by atoms with van der Waals surface area (Å²) < 4.78 is 0. The monoisotopic (exact) mass is 243 g/mol. The molecule has 1 rings (SSSR count). The predicted molar refractivity (Wildman–Crippen MR) is 67.9 cm³/mol. The first kappa shape index (κ1) is 14.4. The average Bonchev–Trinajstić information content (AvgIpc) is 2.30. The molecule has 5 nitrogen and oxygen atoms in total. The van der Waals surface area contributed by atoms with Gasteiger partial charge in [0.05, 0.1) is 0 Å². The van der Waals surface area contributed by atoms with Gasteiger partial charge in [-0.1, -0.05) is 0 Å². The van der Waals surface area contributed by atoms with E-state index in [0.717, 1.165) is 12.5 Å². The second-order valence-electron chi connectivity index (χ2n) is 5.02. The second kappa shape index (κ2) is 7.63. The van der Waals surface area contributed by atoms with Crippen LogP contribution in [0.15, 0.2) is 0 Å². The number of nitrogens with two attached hydrogens (primary N) is 1. The summed E-state index contributed by atoms with van der Waals surface area (Å²) in [5.41, 5.74) is 5.41. The zero-order valence-corrected chi connectivity index (χ0v) is 10.7. The topological polar surface area (TPSA) is 78.6 Å². The number of aliphatic carboxylic acids is 1. The number of carbonyl (C=O) groups is 1. The fourth-order valence-corrected chi connectivity index (χ4v) is 2.16. The molecule has 0 spiro atoms. The number of piperidine rings is 1. The summed E-state index contributed by atoms with van der Waals surface area (Å²) in [6.07, 6.45) is 4.26. The number of likely N-dealkylation sites (tertiary alicyclic amines) is 1. The van der Waals surface area contributed by atoms with Crippen molar-refractivity contribution in [2.45, 2.75) is 31.7 Å². The fourth-order valence-electron chi connectivity index (χ4n) is 2.16. The summed E-state index contributed by atoms with van der Waals surface area (Å²) in [6, 6.07) is -0.731. The van der Waals surface area contributed by atoms with Gasteiger partial charge in [-0.15, -0.1) is 0 Å². The smallest absolute Gasteiger partial charge is 0.320 e. The van der Waals surface area contributed by atoms with E-state index >= 15 is 0 Å². The third-order valence-electron chi connectivity index (χ3n) is 3.52. The minimum atomic E-state index is -0.915. The maximum Gasteiger partial charge on any atom is 0.320 e. The Morgan fingerprint density at radius 1 is 1.47 bits per heavy atom. The van der Waals surface area contributed by atoms with Gasteiger partial charge in [0.1, 0.15) is 6.04 Å². The highest BCUT2D eigenvalue weighted by atomic mass is 16.4. The van der Waals surface area contributed by atoms with Crippen LogP contribution in [0.5, 0.6) is 0 Å². The van der Waals surface area contributed by atoms with Crippen molar-refractivity contribution in [1.29, 1.82) is 0 Å². The molecule has 0 aliphatic carbocycles. The number of carboxylic acid groups (broad SMARTS) is 1. The number of nitrogens with one attached hydrogen (secondary N) is 1. The summed E-state index contributed by atoms with van der Waals surface area (Å²) in [4.78, 5) is 12.9. The van der Waals surface area contributed by atoms with E-state index < -0.39 is 12.0 Å². The van der Waals surface area contributed by atoms with E-state index in [0.29, 0.717) is 13.0 Å². The third-order valence-corrected chi connectivity index (χ3v) is 3.52. The Bertz CT molecular complexity index is 228. The van der Waals surface area contributed by atoms with Crippen LogP contribution < -0.4 is 11.1 Å². The van der Waals surface area contributed by atoms with Crippen molar-refractivity contribution in [3.05, 3.63) is 0 Å². The third kappa shape index (κ3) is 6.00. The van der Waals surface area contributed by atoms with Gasteiger partial charge in [0.25, 0.3) is 0 Å². The quantitative estimate of drug-likeness (QED) is 0.553. The van der Waals surface area contributed by atoms with Crippen molar-refractivity contribution in [2.24, 2.45) is 11.7 Å². The Morgan fingerprint density at radius 3 is 2.71 bits per heavy atom. The van der Waals surface area contributed by atoms with E-state index in [1.165, 1.54) is 32.4 Å². The van der Waals surface area contributed by atoms with Gasteiger partial charge in [-0.2, -0.15) is 0 Å². The van der Waals surface area contributed by atoms with Gasteiger partial charge in [-0.25, -0.2) is 0 Å². The molecule has 0 saturated carbocycles. The van der Waals surface area contributed by atoms with Gasteiger partial charge in [0.15, 0.2) is 0 Å². The van der Waals surface area contributed by atoms with Crippen molar-refractivity contribution in [2.75, 3.05) is 33.2 Å². The van der Waals surface area contributed by atoms with Crippen LogP contribution >= 0.6 is 0 Å². The molecule has 0 amide bonds. The maximum atomic E-state index is 10.5. The first-order valence-corrected chi connectivity index (χ1v) is 6.47. The molecule has 1 fully saturated rings. The Hall–Kier alpha value is -0.650. The molecule has 1 heterocycles. The highest BCUT2D eigenvalue weighted by Gasteiger charge is 2.16. The predicted octanol–water partition coefficient (Wildman–Crippen LogP) is 0.110. The van der Waals surface area contributed by atoms with Crippen LogP contribution in [0, 0.1) is 5.92 Å². The van der Waals surface area contributed by atoms with Crippen LogP contribution in [-0.2, 0) is 4.79 Å². The van der Waals surface area contributed by atoms with Crippen LogP contribution in [0.3, 0.4) is 0 Å². The molecule has 1 saturated heterocycles. The number of hydrogen-bond donors (Lipinski definition) is 3. The second-order valence-corrected chi connectivity index (χ2v) is 5.02. The highest BCUT2D eigenvalue weighted by Crippen LogP contribution is 2.18. The van der Waals surface area contributed by atoms with Crippen LogP contribution in [0.2, 0.25) is 0 Å². The normalized spacial score (nSPS) is 20.4. The van der Waals surface area contributed by atoms with Gasteiger partial charge >= 0.3 is 5.97 Å². The van der Waals surface area contributed by atoms with Crippen molar-refractivity contribution in [3.63, 3.8) is 0 Å². The number of hydrogen-bond acceptors (Lipinski definition) is 4. The number of nitrogens with zero attached hydrogens (tertiary/aromatic N) is 1. The van der Waals surface area contributed by atoms with E-state index in [1.54, 1.807) is 0 Å². The van der Waals surface area contributed by atoms with Crippen molar-refractivity contribution in [1.82, 2.24) is 10.2 Å². The molecule has 4 N–H and O–H groups in total. The van der Waals surface area contributed by atoms with Crippen molar-refractivity contribution >= 4 is 5.97 Å². The first-order chi connectivity index (χ1) is 8.09. The first-order valence-electron chi connectivity index (χ1n) is 6.47. The summed E-state index contributed by atoms with van der Waals surface area (Å²) in [5, 5.41) is 11.9. The molecule has 0 aromatic heterocycles. The molecule has 0 aromatic carbocycles.